The number of phenolic OH excluding ortho intramolecular Hbond substituents is 2. The molecule has 4 rings (SSSR count). The summed E-state index contributed by atoms with van der Waals surface area (Å²) in [5.74, 6) is -0.866. The molecule has 2 N–H and O–H groups in total. The summed E-state index contributed by atoms with van der Waals surface area (Å²) in [6.07, 6.45) is 0.791. The maximum Gasteiger partial charge on any atom is 0.342 e. The molecule has 1 fully saturated rings. The largest absolute Gasteiger partial charge is 0.508 e. The van der Waals surface area contributed by atoms with Gasteiger partial charge < -0.3 is 24.3 Å². The van der Waals surface area contributed by atoms with Crippen molar-refractivity contribution in [1.82, 2.24) is 13.9 Å². The number of ether oxygens (including phenoxy) is 2. The van der Waals surface area contributed by atoms with Crippen LogP contribution in [0.25, 0.3) is 11.0 Å². The van der Waals surface area contributed by atoms with Gasteiger partial charge in [-0.2, -0.15) is 4.31 Å². The van der Waals surface area contributed by atoms with Crippen molar-refractivity contribution in [2.24, 2.45) is 0 Å². The highest BCUT2D eigenvalue weighted by Gasteiger charge is 2.27. The average molecular weight is 476 g/mol. The molecule has 1 saturated heterocycles. The van der Waals surface area contributed by atoms with Crippen molar-refractivity contribution in [2.75, 3.05) is 26.3 Å². The lowest BCUT2D eigenvalue weighted by Crippen LogP contribution is -2.40. The van der Waals surface area contributed by atoms with Crippen LogP contribution in [0.15, 0.2) is 41.3 Å². The summed E-state index contributed by atoms with van der Waals surface area (Å²) in [6, 6.07) is 8.40. The Morgan fingerprint density at radius 1 is 1.15 bits per heavy atom. The Kier molecular flexibility index (Phi) is 6.54. The second-order valence-corrected chi connectivity index (χ2v) is 9.56. The van der Waals surface area contributed by atoms with Gasteiger partial charge in [-0.25, -0.2) is 18.2 Å². The minimum atomic E-state index is -3.67. The highest BCUT2D eigenvalue weighted by Crippen LogP contribution is 2.26. The predicted octanol–water partition coefficient (Wildman–Crippen LogP) is 2.24. The van der Waals surface area contributed by atoms with Crippen LogP contribution < -0.4 is 0 Å². The zero-order chi connectivity index (χ0) is 23.6. The summed E-state index contributed by atoms with van der Waals surface area (Å²) >= 11 is 0. The lowest BCUT2D eigenvalue weighted by atomic mass is 10.2. The van der Waals surface area contributed by atoms with Crippen molar-refractivity contribution in [1.29, 1.82) is 0 Å². The Bertz CT molecular complexity index is 1280. The Labute approximate surface area is 191 Å². The number of aryl methyl sites for hydroxylation is 1. The third kappa shape index (κ3) is 4.65. The lowest BCUT2D eigenvalue weighted by Gasteiger charge is -2.26. The van der Waals surface area contributed by atoms with Crippen LogP contribution in [0.1, 0.15) is 29.5 Å². The molecule has 176 valence electrons. The second-order valence-electron chi connectivity index (χ2n) is 7.62. The zero-order valence-corrected chi connectivity index (χ0v) is 18.9. The van der Waals surface area contributed by atoms with E-state index in [4.69, 9.17) is 9.47 Å². The number of carbonyl (C=O) groups is 1. The number of nitrogens with zero attached hydrogens (tertiary/aromatic N) is 3. The first-order valence-corrected chi connectivity index (χ1v) is 12.0. The van der Waals surface area contributed by atoms with E-state index >= 15 is 0 Å². The molecule has 0 atom stereocenters. The summed E-state index contributed by atoms with van der Waals surface area (Å²) in [5, 5.41) is 19.3. The molecule has 1 aliphatic heterocycles. The number of hydrogen-bond donors (Lipinski definition) is 2. The van der Waals surface area contributed by atoms with Crippen molar-refractivity contribution in [3.8, 4) is 11.5 Å². The van der Waals surface area contributed by atoms with Crippen molar-refractivity contribution in [3.05, 3.63) is 47.8 Å². The van der Waals surface area contributed by atoms with Gasteiger partial charge in [0.1, 0.15) is 29.5 Å². The number of carbonyl (C=O) groups excluding carboxylic acids is 1. The number of aromatic nitrogens is 2. The van der Waals surface area contributed by atoms with Gasteiger partial charge in [-0.3, -0.25) is 0 Å². The molecule has 2 aromatic carbocycles. The first-order chi connectivity index (χ1) is 15.8. The van der Waals surface area contributed by atoms with Crippen LogP contribution in [0.3, 0.4) is 0 Å². The first-order valence-electron chi connectivity index (χ1n) is 10.6. The van der Waals surface area contributed by atoms with Gasteiger partial charge in [0.25, 0.3) is 0 Å². The van der Waals surface area contributed by atoms with Crippen molar-refractivity contribution in [3.63, 3.8) is 0 Å². The van der Waals surface area contributed by atoms with Gasteiger partial charge in [0.15, 0.2) is 0 Å². The predicted molar refractivity (Wildman–Crippen MR) is 118 cm³/mol. The first kappa shape index (κ1) is 23.0. The number of benzene rings is 2. The van der Waals surface area contributed by atoms with E-state index in [-0.39, 0.29) is 28.6 Å². The van der Waals surface area contributed by atoms with Crippen LogP contribution in [-0.4, -0.2) is 64.8 Å². The smallest absolute Gasteiger partial charge is 0.342 e. The summed E-state index contributed by atoms with van der Waals surface area (Å²) in [7, 11) is -3.67. The van der Waals surface area contributed by atoms with E-state index in [9.17, 15) is 23.4 Å². The van der Waals surface area contributed by atoms with Crippen LogP contribution in [0.4, 0.5) is 0 Å². The molecule has 0 amide bonds. The van der Waals surface area contributed by atoms with E-state index in [0.29, 0.717) is 44.2 Å². The highest BCUT2D eigenvalue weighted by molar-refractivity contribution is 7.89. The molecule has 1 aliphatic rings. The third-order valence-electron chi connectivity index (χ3n) is 5.39. The van der Waals surface area contributed by atoms with E-state index in [1.54, 1.807) is 12.1 Å². The fraction of sp³-hybridized carbons (Fsp3) is 0.364. The minimum absolute atomic E-state index is 0.0788. The fourth-order valence-corrected chi connectivity index (χ4v) is 5.17. The molecule has 0 aliphatic carbocycles. The molecule has 0 radical (unpaired) electrons. The summed E-state index contributed by atoms with van der Waals surface area (Å²) in [5.41, 5.74) is 1.14. The van der Waals surface area contributed by atoms with E-state index in [2.05, 4.69) is 4.98 Å². The quantitative estimate of drug-likeness (QED) is 0.498. The third-order valence-corrected chi connectivity index (χ3v) is 7.28. The van der Waals surface area contributed by atoms with E-state index < -0.39 is 16.0 Å². The van der Waals surface area contributed by atoms with Crippen molar-refractivity contribution < 1.29 is 32.9 Å². The van der Waals surface area contributed by atoms with E-state index in [0.717, 1.165) is 18.0 Å². The van der Waals surface area contributed by atoms with Crippen molar-refractivity contribution in [2.45, 2.75) is 31.4 Å². The average Bonchev–Trinajstić information content (AvgIpc) is 3.15. The fourth-order valence-electron chi connectivity index (χ4n) is 3.74. The van der Waals surface area contributed by atoms with Crippen LogP contribution in [0, 0.1) is 0 Å². The standard InChI is InChI=1S/C22H25N3O7S/c1-2-7-25-19-6-4-16(33(29,30)24-8-10-31-11-9-24)13-18(19)23-21(25)14-32-22(28)17-5-3-15(26)12-20(17)27/h3-6,12-13,26-27H,2,7-11,14H2,1H3. The Morgan fingerprint density at radius 2 is 1.91 bits per heavy atom. The normalized spacial score (nSPS) is 15.1. The summed E-state index contributed by atoms with van der Waals surface area (Å²) in [4.78, 5) is 17.1. The number of phenols is 2. The molecule has 0 bridgehead atoms. The van der Waals surface area contributed by atoms with Gasteiger partial charge in [0.2, 0.25) is 10.0 Å². The molecule has 11 heteroatoms. The molecule has 2 heterocycles. The summed E-state index contributed by atoms with van der Waals surface area (Å²) in [6.45, 7) is 3.75. The Morgan fingerprint density at radius 3 is 2.61 bits per heavy atom. The monoisotopic (exact) mass is 475 g/mol. The minimum Gasteiger partial charge on any atom is -0.508 e. The molecule has 0 unspecified atom stereocenters. The number of rotatable bonds is 7. The Hall–Kier alpha value is -3.15. The maximum atomic E-state index is 13.0. The van der Waals surface area contributed by atoms with Gasteiger partial charge in [0, 0.05) is 25.7 Å². The molecule has 3 aromatic rings. The second kappa shape index (κ2) is 9.38. The number of hydrogen-bond acceptors (Lipinski definition) is 8. The van der Waals surface area contributed by atoms with Gasteiger partial charge in [-0.05, 0) is 36.8 Å². The van der Waals surface area contributed by atoms with E-state index in [1.807, 2.05) is 11.5 Å². The number of aromatic hydroxyl groups is 2. The molecular weight excluding hydrogens is 450 g/mol. The molecule has 10 nitrogen and oxygen atoms in total. The molecular formula is C22H25N3O7S. The van der Waals surface area contributed by atoms with Gasteiger partial charge in [-0.1, -0.05) is 6.92 Å². The topological polar surface area (TPSA) is 131 Å². The van der Waals surface area contributed by atoms with Crippen LogP contribution >= 0.6 is 0 Å². The van der Waals surface area contributed by atoms with Gasteiger partial charge in [0.05, 0.1) is 29.1 Å². The van der Waals surface area contributed by atoms with Crippen molar-refractivity contribution >= 4 is 27.0 Å². The molecule has 0 saturated carbocycles. The number of imidazole rings is 1. The number of fused-ring (bicyclic) bond motifs is 1. The number of esters is 1. The van der Waals surface area contributed by atoms with E-state index in [1.165, 1.54) is 22.5 Å². The lowest BCUT2D eigenvalue weighted by molar-refractivity contribution is 0.0455. The van der Waals surface area contributed by atoms with Crippen LogP contribution in [0.5, 0.6) is 11.5 Å². The summed E-state index contributed by atoms with van der Waals surface area (Å²) < 4.78 is 39.9. The molecule has 1 aromatic heterocycles. The Balaban J connectivity index is 1.61. The van der Waals surface area contributed by atoms with Gasteiger partial charge >= 0.3 is 5.97 Å². The molecule has 33 heavy (non-hydrogen) atoms. The number of morpholine rings is 1. The molecule has 0 spiro atoms. The SMILES string of the molecule is CCCn1c(COC(=O)c2ccc(O)cc2O)nc2cc(S(=O)(=O)N3CCOCC3)ccc21. The van der Waals surface area contributed by atoms with Crippen LogP contribution in [0.2, 0.25) is 0 Å². The maximum absolute atomic E-state index is 13.0. The van der Waals surface area contributed by atoms with Gasteiger partial charge in [-0.15, -0.1) is 0 Å². The van der Waals surface area contributed by atoms with Crippen LogP contribution in [-0.2, 0) is 32.6 Å². The highest BCUT2D eigenvalue weighted by atomic mass is 32.2. The zero-order valence-electron chi connectivity index (χ0n) is 18.1. The number of sulfonamides is 1.